The van der Waals surface area contributed by atoms with E-state index < -0.39 is 0 Å². The zero-order valence-corrected chi connectivity index (χ0v) is 4.25. The van der Waals surface area contributed by atoms with Gasteiger partial charge in [0, 0.05) is 10.4 Å². The highest BCUT2D eigenvalue weighted by Crippen LogP contribution is 2.18. The Bertz CT molecular complexity index is 83.7. The molecular formula is CBrN4+. The Morgan fingerprint density at radius 1 is 1.17 bits per heavy atom. The van der Waals surface area contributed by atoms with E-state index >= 15 is 0 Å². The number of hydrogen-bond donors (Lipinski definition) is 0. The minimum atomic E-state index is 0.433. The van der Waals surface area contributed by atoms with Gasteiger partial charge >= 0.3 is 5.08 Å². The third kappa shape index (κ3) is 0.538. The van der Waals surface area contributed by atoms with Gasteiger partial charge in [-0.1, -0.05) is 0 Å². The third-order valence-electron chi connectivity index (χ3n) is 0.294. The molecule has 0 aliphatic carbocycles. The van der Waals surface area contributed by atoms with Crippen molar-refractivity contribution >= 4 is 15.9 Å². The molecule has 0 spiro atoms. The topological polar surface area (TPSA) is 49.4 Å². The summed E-state index contributed by atoms with van der Waals surface area (Å²) in [6.07, 6.45) is 0. The van der Waals surface area contributed by atoms with Gasteiger partial charge in [0.25, 0.3) is 15.9 Å². The predicted octanol–water partition coefficient (Wildman–Crippen LogP) is 1.66. The Morgan fingerprint density at radius 3 is 1.83 bits per heavy atom. The average molecular weight is 148 g/mol. The van der Waals surface area contributed by atoms with Crippen LogP contribution in [0.5, 0.6) is 0 Å². The summed E-state index contributed by atoms with van der Waals surface area (Å²) in [7, 11) is 0. The summed E-state index contributed by atoms with van der Waals surface area (Å²) in [5.41, 5.74) is 0. The summed E-state index contributed by atoms with van der Waals surface area (Å²) in [4.78, 5) is 0. The molecule has 5 heteroatoms. The molecule has 1 aliphatic heterocycles. The van der Waals surface area contributed by atoms with Gasteiger partial charge in [0.15, 0.2) is 0 Å². The fourth-order valence-electron chi connectivity index (χ4n) is 0.134. The first-order valence-electron chi connectivity index (χ1n) is 1.24. The highest BCUT2D eigenvalue weighted by atomic mass is 79.9. The number of hydrogen-bond acceptors (Lipinski definition) is 4. The van der Waals surface area contributed by atoms with Gasteiger partial charge in [0.2, 0.25) is 0 Å². The molecule has 0 aromatic carbocycles. The Morgan fingerprint density at radius 2 is 1.67 bits per heavy atom. The molecule has 0 bridgehead atoms. The van der Waals surface area contributed by atoms with Crippen LogP contribution in [0.4, 0.5) is 0 Å². The molecule has 1 heterocycles. The van der Waals surface area contributed by atoms with Gasteiger partial charge in [0.05, 0.1) is 10.2 Å². The van der Waals surface area contributed by atoms with Crippen LogP contribution in [0.15, 0.2) is 20.7 Å². The zero-order valence-electron chi connectivity index (χ0n) is 2.67. The van der Waals surface area contributed by atoms with Crippen LogP contribution in [0.2, 0.25) is 0 Å². The van der Waals surface area contributed by atoms with Crippen molar-refractivity contribution in [2.24, 2.45) is 20.7 Å². The van der Waals surface area contributed by atoms with Gasteiger partial charge in [-0.3, -0.25) is 0 Å². The number of rotatable bonds is 0. The smallest absolute Gasteiger partial charge is 0.0252 e. The van der Waals surface area contributed by atoms with E-state index in [1.165, 1.54) is 0 Å². The summed E-state index contributed by atoms with van der Waals surface area (Å²) in [5.74, 6) is 0. The lowest BCUT2D eigenvalue weighted by Gasteiger charge is -1.50. The minimum absolute atomic E-state index is 0.433. The highest BCUT2D eigenvalue weighted by molar-refractivity contribution is 9.11. The highest BCUT2D eigenvalue weighted by Gasteiger charge is 2.20. The standard InChI is InChI=1S/CBrN4/c2-1-3-5-6-4-1/q+1. The van der Waals surface area contributed by atoms with Crippen molar-refractivity contribution in [2.45, 2.75) is 0 Å². The maximum atomic E-state index is 3.36. The van der Waals surface area contributed by atoms with E-state index in [0.717, 1.165) is 0 Å². The number of nitrogens with zero attached hydrogens (tertiary/aromatic N) is 4. The second kappa shape index (κ2) is 1.34. The van der Waals surface area contributed by atoms with Crippen molar-refractivity contribution in [3.05, 3.63) is 5.08 Å². The molecule has 0 fully saturated rings. The van der Waals surface area contributed by atoms with Crippen LogP contribution in [-0.2, 0) is 0 Å². The van der Waals surface area contributed by atoms with Crippen LogP contribution >= 0.6 is 15.9 Å². The summed E-state index contributed by atoms with van der Waals surface area (Å²) >= 11 is 2.93. The van der Waals surface area contributed by atoms with E-state index in [1.807, 2.05) is 0 Å². The Balaban J connectivity index is 2.60. The Labute approximate surface area is 42.5 Å². The first-order chi connectivity index (χ1) is 2.89. The monoisotopic (exact) mass is 147 g/mol. The molecule has 0 amide bonds. The molecule has 0 saturated carbocycles. The van der Waals surface area contributed by atoms with E-state index in [1.54, 1.807) is 0 Å². The lowest BCUT2D eigenvalue weighted by atomic mass is 11.2. The normalized spacial score (nSPS) is 17.2. The van der Waals surface area contributed by atoms with Gasteiger partial charge in [-0.25, -0.2) is 0 Å². The van der Waals surface area contributed by atoms with E-state index in [2.05, 4.69) is 36.6 Å². The minimum Gasteiger partial charge on any atom is 0.0252 e. The largest absolute Gasteiger partial charge is 0.481 e. The quantitative estimate of drug-likeness (QED) is 0.370. The lowest BCUT2D eigenvalue weighted by molar-refractivity contribution is 1.06. The third-order valence-corrected chi connectivity index (χ3v) is 0.612. The molecule has 0 atom stereocenters. The van der Waals surface area contributed by atoms with Gasteiger partial charge in [-0.05, 0) is 0 Å². The Kier molecular flexibility index (Phi) is 0.831. The molecule has 4 nitrogen and oxygen atoms in total. The van der Waals surface area contributed by atoms with Crippen LogP contribution in [0, 0.1) is 5.08 Å². The molecular weight excluding hydrogens is 148 g/mol. The molecule has 1 rings (SSSR count). The van der Waals surface area contributed by atoms with E-state index in [9.17, 15) is 0 Å². The molecule has 0 radical (unpaired) electrons. The lowest BCUT2D eigenvalue weighted by Crippen LogP contribution is -1.59. The van der Waals surface area contributed by atoms with Crippen molar-refractivity contribution in [3.63, 3.8) is 0 Å². The fraction of sp³-hybridized carbons (Fsp3) is 0. The summed E-state index contributed by atoms with van der Waals surface area (Å²) in [5, 5.41) is 13.5. The molecule has 30 valence electrons. The SMILES string of the molecule is Br[C+]1N=NN=N1. The van der Waals surface area contributed by atoms with Crippen LogP contribution in [0.3, 0.4) is 0 Å². The second-order valence-electron chi connectivity index (χ2n) is 0.648. The zero-order chi connectivity index (χ0) is 4.41. The molecule has 0 aromatic heterocycles. The van der Waals surface area contributed by atoms with Crippen LogP contribution in [-0.4, -0.2) is 0 Å². The maximum absolute atomic E-state index is 3.36. The van der Waals surface area contributed by atoms with Crippen LogP contribution in [0.1, 0.15) is 0 Å². The summed E-state index contributed by atoms with van der Waals surface area (Å²) in [6.45, 7) is 0. The fourth-order valence-corrected chi connectivity index (χ4v) is 0.276. The van der Waals surface area contributed by atoms with Crippen LogP contribution < -0.4 is 0 Å². The molecule has 6 heavy (non-hydrogen) atoms. The van der Waals surface area contributed by atoms with Gasteiger partial charge in [-0.2, -0.15) is 0 Å². The predicted molar refractivity (Wildman–Crippen MR) is 21.9 cm³/mol. The molecule has 0 aromatic rings. The van der Waals surface area contributed by atoms with Gasteiger partial charge < -0.3 is 0 Å². The Hall–Kier alpha value is -0.450. The van der Waals surface area contributed by atoms with Gasteiger partial charge in [-0.15, -0.1) is 0 Å². The first-order valence-corrected chi connectivity index (χ1v) is 2.03. The van der Waals surface area contributed by atoms with Crippen molar-refractivity contribution in [3.8, 4) is 0 Å². The molecule has 1 aliphatic rings. The average Bonchev–Trinajstić information content (AvgIpc) is 1.86. The van der Waals surface area contributed by atoms with Crippen molar-refractivity contribution in [2.75, 3.05) is 0 Å². The van der Waals surface area contributed by atoms with Crippen molar-refractivity contribution < 1.29 is 0 Å². The number of halogens is 1. The van der Waals surface area contributed by atoms with Crippen molar-refractivity contribution in [1.82, 2.24) is 0 Å². The van der Waals surface area contributed by atoms with E-state index in [-0.39, 0.29) is 0 Å². The molecule has 0 saturated heterocycles. The van der Waals surface area contributed by atoms with Crippen molar-refractivity contribution in [1.29, 1.82) is 0 Å². The van der Waals surface area contributed by atoms with Gasteiger partial charge in [0.1, 0.15) is 0 Å². The van der Waals surface area contributed by atoms with E-state index in [0.29, 0.717) is 5.08 Å². The maximum Gasteiger partial charge on any atom is 0.481 e. The summed E-state index contributed by atoms with van der Waals surface area (Å²) < 4.78 is 0. The second-order valence-corrected chi connectivity index (χ2v) is 1.36. The van der Waals surface area contributed by atoms with E-state index in [4.69, 9.17) is 0 Å². The molecule has 0 unspecified atom stereocenters. The molecule has 0 N–H and O–H groups in total. The first kappa shape index (κ1) is 3.73. The summed E-state index contributed by atoms with van der Waals surface area (Å²) in [6, 6.07) is 0. The van der Waals surface area contributed by atoms with Crippen LogP contribution in [0.25, 0.3) is 0 Å².